The standard InChI is InChI=1S/C11H13BrClNO/c12-9-2-1-7(3-10(9)13)8-4-11(8,5-14)6-15/h1-3,8,15H,4-6,14H2. The summed E-state index contributed by atoms with van der Waals surface area (Å²) in [6.45, 7) is 0.684. The summed E-state index contributed by atoms with van der Waals surface area (Å²) in [5.74, 6) is 0.359. The number of rotatable bonds is 3. The topological polar surface area (TPSA) is 46.2 Å². The van der Waals surface area contributed by atoms with Crippen molar-refractivity contribution >= 4 is 27.5 Å². The Kier molecular flexibility index (Phi) is 3.08. The predicted molar refractivity (Wildman–Crippen MR) is 65.1 cm³/mol. The van der Waals surface area contributed by atoms with Crippen molar-refractivity contribution in [3.8, 4) is 0 Å². The van der Waals surface area contributed by atoms with Gasteiger partial charge in [0.1, 0.15) is 0 Å². The molecule has 15 heavy (non-hydrogen) atoms. The normalized spacial score (nSPS) is 29.2. The maximum atomic E-state index is 9.29. The second kappa shape index (κ2) is 4.06. The van der Waals surface area contributed by atoms with E-state index in [4.69, 9.17) is 17.3 Å². The number of aliphatic hydroxyl groups is 1. The van der Waals surface area contributed by atoms with Crippen molar-refractivity contribution in [1.82, 2.24) is 0 Å². The Labute approximate surface area is 103 Å². The molecule has 2 unspecified atom stereocenters. The van der Waals surface area contributed by atoms with E-state index in [2.05, 4.69) is 15.9 Å². The van der Waals surface area contributed by atoms with E-state index in [9.17, 15) is 5.11 Å². The lowest BCUT2D eigenvalue weighted by molar-refractivity contribution is 0.211. The summed E-state index contributed by atoms with van der Waals surface area (Å²) in [6.07, 6.45) is 0.956. The molecule has 0 amide bonds. The molecule has 0 aromatic heterocycles. The van der Waals surface area contributed by atoms with Crippen LogP contribution >= 0.6 is 27.5 Å². The van der Waals surface area contributed by atoms with Crippen molar-refractivity contribution in [3.05, 3.63) is 33.3 Å². The van der Waals surface area contributed by atoms with Crippen LogP contribution in [-0.4, -0.2) is 18.3 Å². The Morgan fingerprint density at radius 3 is 2.80 bits per heavy atom. The van der Waals surface area contributed by atoms with Crippen LogP contribution in [-0.2, 0) is 0 Å². The molecule has 4 heteroatoms. The second-order valence-corrected chi connectivity index (χ2v) is 5.42. The molecule has 82 valence electrons. The van der Waals surface area contributed by atoms with E-state index in [-0.39, 0.29) is 12.0 Å². The van der Waals surface area contributed by atoms with Crippen LogP contribution < -0.4 is 5.73 Å². The largest absolute Gasteiger partial charge is 0.396 e. The van der Waals surface area contributed by atoms with Gasteiger partial charge >= 0.3 is 0 Å². The third-order valence-electron chi connectivity index (χ3n) is 3.26. The van der Waals surface area contributed by atoms with Crippen LogP contribution in [0.1, 0.15) is 17.9 Å². The zero-order valence-electron chi connectivity index (χ0n) is 8.21. The fourth-order valence-corrected chi connectivity index (χ4v) is 2.45. The van der Waals surface area contributed by atoms with Gasteiger partial charge in [-0.2, -0.15) is 0 Å². The summed E-state index contributed by atoms with van der Waals surface area (Å²) in [4.78, 5) is 0. The number of hydrogen-bond acceptors (Lipinski definition) is 2. The van der Waals surface area contributed by atoms with Gasteiger partial charge in [-0.3, -0.25) is 0 Å². The summed E-state index contributed by atoms with van der Waals surface area (Å²) in [7, 11) is 0. The number of aliphatic hydroxyl groups excluding tert-OH is 1. The Bertz CT molecular complexity index is 379. The van der Waals surface area contributed by atoms with E-state index in [1.54, 1.807) is 0 Å². The lowest BCUT2D eigenvalue weighted by Gasteiger charge is -2.11. The van der Waals surface area contributed by atoms with Gasteiger partial charge < -0.3 is 10.8 Å². The van der Waals surface area contributed by atoms with Gasteiger partial charge in [-0.05, 0) is 46.0 Å². The molecule has 2 rings (SSSR count). The van der Waals surface area contributed by atoms with Crippen LogP contribution in [0.25, 0.3) is 0 Å². The van der Waals surface area contributed by atoms with Gasteiger partial charge in [0.25, 0.3) is 0 Å². The molecule has 3 N–H and O–H groups in total. The average molecular weight is 291 g/mol. The third-order valence-corrected chi connectivity index (χ3v) is 4.49. The van der Waals surface area contributed by atoms with Crippen molar-refractivity contribution in [2.75, 3.05) is 13.2 Å². The SMILES string of the molecule is NCC1(CO)CC1c1ccc(Br)c(Cl)c1. The quantitative estimate of drug-likeness (QED) is 0.898. The van der Waals surface area contributed by atoms with Gasteiger partial charge in [0.2, 0.25) is 0 Å². The van der Waals surface area contributed by atoms with Gasteiger partial charge in [0.15, 0.2) is 0 Å². The molecule has 0 heterocycles. The number of halogens is 2. The van der Waals surface area contributed by atoms with Crippen molar-refractivity contribution in [2.45, 2.75) is 12.3 Å². The van der Waals surface area contributed by atoms with Crippen LogP contribution in [0.3, 0.4) is 0 Å². The first kappa shape index (κ1) is 11.4. The molecule has 1 aliphatic carbocycles. The van der Waals surface area contributed by atoms with Crippen LogP contribution in [0.4, 0.5) is 0 Å². The zero-order chi connectivity index (χ0) is 11.1. The molecular formula is C11H13BrClNO. The van der Waals surface area contributed by atoms with Crippen molar-refractivity contribution in [1.29, 1.82) is 0 Å². The van der Waals surface area contributed by atoms with E-state index in [0.29, 0.717) is 17.5 Å². The molecule has 2 nitrogen and oxygen atoms in total. The lowest BCUT2D eigenvalue weighted by Crippen LogP contribution is -2.21. The zero-order valence-corrected chi connectivity index (χ0v) is 10.6. The van der Waals surface area contributed by atoms with Crippen LogP contribution in [0.2, 0.25) is 5.02 Å². The number of nitrogens with two attached hydrogens (primary N) is 1. The van der Waals surface area contributed by atoms with Gasteiger partial charge in [-0.15, -0.1) is 0 Å². The minimum absolute atomic E-state index is 0.100. The predicted octanol–water partition coefficient (Wildman–Crippen LogP) is 2.53. The van der Waals surface area contributed by atoms with E-state index >= 15 is 0 Å². The van der Waals surface area contributed by atoms with Crippen LogP contribution in [0.5, 0.6) is 0 Å². The summed E-state index contributed by atoms with van der Waals surface area (Å²) in [5, 5.41) is 10.0. The molecule has 1 aromatic carbocycles. The number of hydrogen-bond donors (Lipinski definition) is 2. The van der Waals surface area contributed by atoms with Crippen molar-refractivity contribution in [3.63, 3.8) is 0 Å². The van der Waals surface area contributed by atoms with Gasteiger partial charge in [-0.25, -0.2) is 0 Å². The van der Waals surface area contributed by atoms with E-state index in [1.165, 1.54) is 5.56 Å². The molecule has 1 saturated carbocycles. The smallest absolute Gasteiger partial charge is 0.0550 e. The highest BCUT2D eigenvalue weighted by Gasteiger charge is 2.53. The first-order chi connectivity index (χ1) is 7.13. The number of benzene rings is 1. The highest BCUT2D eigenvalue weighted by Crippen LogP contribution is 2.58. The monoisotopic (exact) mass is 289 g/mol. The molecule has 2 atom stereocenters. The summed E-state index contributed by atoms with van der Waals surface area (Å²) >= 11 is 9.38. The highest BCUT2D eigenvalue weighted by atomic mass is 79.9. The van der Waals surface area contributed by atoms with Crippen LogP contribution in [0, 0.1) is 5.41 Å². The maximum absolute atomic E-state index is 9.29. The van der Waals surface area contributed by atoms with Crippen molar-refractivity contribution < 1.29 is 5.11 Å². The Hall–Kier alpha value is -0.0900. The molecule has 1 aromatic rings. The van der Waals surface area contributed by atoms with E-state index in [1.807, 2.05) is 18.2 Å². The average Bonchev–Trinajstić information content (AvgIpc) is 2.97. The molecule has 1 aliphatic rings. The Morgan fingerprint density at radius 1 is 1.60 bits per heavy atom. The first-order valence-corrected chi connectivity index (χ1v) is 6.06. The van der Waals surface area contributed by atoms with Gasteiger partial charge in [-0.1, -0.05) is 17.7 Å². The van der Waals surface area contributed by atoms with E-state index in [0.717, 1.165) is 10.9 Å². The minimum Gasteiger partial charge on any atom is -0.396 e. The van der Waals surface area contributed by atoms with Gasteiger partial charge in [0.05, 0.1) is 11.6 Å². The Morgan fingerprint density at radius 2 is 2.33 bits per heavy atom. The Balaban J connectivity index is 2.23. The van der Waals surface area contributed by atoms with Crippen LogP contribution in [0.15, 0.2) is 22.7 Å². The highest BCUT2D eigenvalue weighted by molar-refractivity contribution is 9.10. The summed E-state index contributed by atoms with van der Waals surface area (Å²) in [6, 6.07) is 5.92. The summed E-state index contributed by atoms with van der Waals surface area (Å²) in [5.41, 5.74) is 6.74. The molecule has 0 saturated heterocycles. The minimum atomic E-state index is -0.100. The van der Waals surface area contributed by atoms with Crippen molar-refractivity contribution in [2.24, 2.45) is 11.1 Å². The molecule has 0 bridgehead atoms. The fraction of sp³-hybridized carbons (Fsp3) is 0.455. The maximum Gasteiger partial charge on any atom is 0.0550 e. The first-order valence-electron chi connectivity index (χ1n) is 4.89. The lowest BCUT2D eigenvalue weighted by atomic mass is 10.0. The van der Waals surface area contributed by atoms with Gasteiger partial charge in [0, 0.05) is 16.4 Å². The molecular weight excluding hydrogens is 277 g/mol. The molecule has 1 fully saturated rings. The van der Waals surface area contributed by atoms with E-state index < -0.39 is 0 Å². The fourth-order valence-electron chi connectivity index (χ4n) is 2.01. The molecule has 0 spiro atoms. The third kappa shape index (κ3) is 1.94. The molecule has 0 aliphatic heterocycles. The second-order valence-electron chi connectivity index (χ2n) is 4.15. The molecule has 0 radical (unpaired) electrons. The summed E-state index contributed by atoms with van der Waals surface area (Å²) < 4.78 is 0.899.